The summed E-state index contributed by atoms with van der Waals surface area (Å²) in [5.41, 5.74) is 1.12. The number of hydrogen-bond acceptors (Lipinski definition) is 6. The molecule has 0 spiro atoms. The lowest BCUT2D eigenvalue weighted by Gasteiger charge is -2.14. The molecule has 0 aliphatic heterocycles. The first kappa shape index (κ1) is 22.5. The molecule has 0 atom stereocenters. The van der Waals surface area contributed by atoms with Crippen molar-refractivity contribution < 1.29 is 18.0 Å². The highest BCUT2D eigenvalue weighted by molar-refractivity contribution is 6.04. The van der Waals surface area contributed by atoms with Crippen molar-refractivity contribution >= 4 is 17.3 Å². The number of carbonyl (C=O) groups excluding carboxylic acids is 1. The molecule has 34 heavy (non-hydrogen) atoms. The normalized spacial score (nSPS) is 11.2. The Morgan fingerprint density at radius 3 is 2.44 bits per heavy atom. The van der Waals surface area contributed by atoms with Crippen LogP contribution in [0.2, 0.25) is 0 Å². The van der Waals surface area contributed by atoms with E-state index >= 15 is 0 Å². The largest absolute Gasteiger partial charge is 0.420 e. The fourth-order valence-electron chi connectivity index (χ4n) is 3.21. The Kier molecular flexibility index (Phi) is 5.77. The van der Waals surface area contributed by atoms with Gasteiger partial charge in [-0.2, -0.15) is 23.4 Å². The van der Waals surface area contributed by atoms with Crippen molar-refractivity contribution in [2.75, 3.05) is 5.32 Å². The van der Waals surface area contributed by atoms with E-state index in [1.54, 1.807) is 25.1 Å². The zero-order valence-corrected chi connectivity index (χ0v) is 17.8. The highest BCUT2D eigenvalue weighted by atomic mass is 19.4. The first-order chi connectivity index (χ1) is 16.2. The number of amides is 1. The third kappa shape index (κ3) is 4.44. The van der Waals surface area contributed by atoms with Crippen molar-refractivity contribution in [2.24, 2.45) is 0 Å². The molecular weight excluding hydrogens is 449 g/mol. The Balaban J connectivity index is 1.61. The van der Waals surface area contributed by atoms with Gasteiger partial charge in [-0.05, 0) is 19.9 Å². The predicted octanol–water partition coefficient (Wildman–Crippen LogP) is 4.56. The summed E-state index contributed by atoms with van der Waals surface area (Å²) in [5.74, 6) is -0.844. The summed E-state index contributed by atoms with van der Waals surface area (Å²) in [4.78, 5) is 29.2. The average Bonchev–Trinajstić information content (AvgIpc) is 3.33. The number of halogens is 3. The fourth-order valence-corrected chi connectivity index (χ4v) is 3.21. The number of rotatable bonds is 4. The van der Waals surface area contributed by atoms with E-state index < -0.39 is 23.5 Å². The van der Waals surface area contributed by atoms with Crippen LogP contribution in [-0.2, 0) is 6.18 Å². The maximum Gasteiger partial charge on any atom is 0.420 e. The number of hydrogen-bond donors (Lipinski definition) is 1. The number of pyridine rings is 1. The number of alkyl halides is 3. The highest BCUT2D eigenvalue weighted by Crippen LogP contribution is 2.34. The first-order valence-electron chi connectivity index (χ1n) is 9.75. The van der Waals surface area contributed by atoms with Crippen LogP contribution < -0.4 is 5.32 Å². The molecule has 0 unspecified atom stereocenters. The van der Waals surface area contributed by atoms with Crippen molar-refractivity contribution in [3.63, 3.8) is 0 Å². The number of aromatic nitrogens is 6. The molecule has 1 aromatic carbocycles. The Labute approximate surface area is 191 Å². The molecule has 0 saturated heterocycles. The molecule has 9 nitrogen and oxygen atoms in total. The van der Waals surface area contributed by atoms with Gasteiger partial charge in [-0.25, -0.2) is 19.8 Å². The maximum absolute atomic E-state index is 13.6. The van der Waals surface area contributed by atoms with Gasteiger partial charge in [0, 0.05) is 11.8 Å². The summed E-state index contributed by atoms with van der Waals surface area (Å²) >= 11 is 0. The average molecular weight is 464 g/mol. The molecule has 12 heteroatoms. The molecule has 0 aliphatic rings. The van der Waals surface area contributed by atoms with Gasteiger partial charge in [0.05, 0.1) is 42.1 Å². The van der Waals surface area contributed by atoms with Crippen LogP contribution in [0.1, 0.15) is 27.2 Å². The van der Waals surface area contributed by atoms with E-state index in [1.165, 1.54) is 18.6 Å². The molecule has 0 fully saturated rings. The smallest absolute Gasteiger partial charge is 0.320 e. The molecule has 1 amide bonds. The summed E-state index contributed by atoms with van der Waals surface area (Å²) in [6.45, 7) is 10.5. The second-order valence-electron chi connectivity index (χ2n) is 7.17. The molecule has 3 aromatic heterocycles. The van der Waals surface area contributed by atoms with Gasteiger partial charge in [-0.3, -0.25) is 4.79 Å². The Morgan fingerprint density at radius 2 is 1.82 bits per heavy atom. The first-order valence-corrected chi connectivity index (χ1v) is 9.75. The van der Waals surface area contributed by atoms with Gasteiger partial charge in [0.1, 0.15) is 5.56 Å². The van der Waals surface area contributed by atoms with Crippen LogP contribution in [0.4, 0.5) is 24.5 Å². The van der Waals surface area contributed by atoms with E-state index in [0.717, 1.165) is 22.6 Å². The van der Waals surface area contributed by atoms with Gasteiger partial charge in [0.25, 0.3) is 5.91 Å². The minimum Gasteiger partial charge on any atom is -0.320 e. The van der Waals surface area contributed by atoms with Crippen LogP contribution in [0.15, 0.2) is 49.1 Å². The van der Waals surface area contributed by atoms with E-state index in [-0.39, 0.29) is 11.3 Å². The monoisotopic (exact) mass is 464 g/mol. The van der Waals surface area contributed by atoms with Gasteiger partial charge in [-0.15, -0.1) is 4.80 Å². The summed E-state index contributed by atoms with van der Waals surface area (Å²) in [7, 11) is 0. The summed E-state index contributed by atoms with van der Waals surface area (Å²) in [5, 5.41) is 9.77. The van der Waals surface area contributed by atoms with Crippen molar-refractivity contribution in [3.8, 4) is 17.2 Å². The molecule has 0 bridgehead atoms. The van der Waals surface area contributed by atoms with Crippen molar-refractivity contribution in [3.05, 3.63) is 82.9 Å². The maximum atomic E-state index is 13.6. The molecular formula is C22H15F3N8O. The van der Waals surface area contributed by atoms with Gasteiger partial charge in [0.2, 0.25) is 0 Å². The van der Waals surface area contributed by atoms with Crippen LogP contribution in [0, 0.1) is 20.4 Å². The second-order valence-corrected chi connectivity index (χ2v) is 7.17. The van der Waals surface area contributed by atoms with Crippen LogP contribution in [0.5, 0.6) is 0 Å². The molecule has 170 valence electrons. The Morgan fingerprint density at radius 1 is 1.09 bits per heavy atom. The Bertz CT molecular complexity index is 1430. The van der Waals surface area contributed by atoms with Gasteiger partial charge in [-0.1, -0.05) is 23.8 Å². The van der Waals surface area contributed by atoms with E-state index in [2.05, 4.69) is 35.3 Å². The van der Waals surface area contributed by atoms with Crippen LogP contribution in [-0.4, -0.2) is 35.9 Å². The van der Waals surface area contributed by atoms with Crippen LogP contribution >= 0.6 is 0 Å². The number of aryl methyl sites for hydroxylation is 2. The standard InChI is InChI=1S/C22H15F3N8O/c1-12-8-14(26-3)4-5-16(12)19-27-11-17(13(2)31-19)21(34)32-15-9-18(22(23,24)25)20(28-10-15)33-29-6-7-30-33/h4-11H,1-2H3,(H,32,34). The number of nitrogens with one attached hydrogen (secondary N) is 1. The summed E-state index contributed by atoms with van der Waals surface area (Å²) < 4.78 is 40.7. The van der Waals surface area contributed by atoms with Crippen molar-refractivity contribution in [1.82, 2.24) is 29.9 Å². The molecule has 4 aromatic rings. The molecule has 0 aliphatic carbocycles. The summed E-state index contributed by atoms with van der Waals surface area (Å²) in [6, 6.07) is 5.83. The van der Waals surface area contributed by atoms with Gasteiger partial charge < -0.3 is 5.32 Å². The number of nitrogens with zero attached hydrogens (tertiary/aromatic N) is 7. The lowest BCUT2D eigenvalue weighted by Crippen LogP contribution is -2.18. The topological polar surface area (TPSA) is 103 Å². The zero-order valence-electron chi connectivity index (χ0n) is 17.8. The predicted molar refractivity (Wildman–Crippen MR) is 115 cm³/mol. The minimum atomic E-state index is -4.75. The zero-order chi connectivity index (χ0) is 24.5. The van der Waals surface area contributed by atoms with E-state index in [9.17, 15) is 18.0 Å². The Hall–Kier alpha value is -4.66. The second kappa shape index (κ2) is 8.70. The minimum absolute atomic E-state index is 0.0885. The van der Waals surface area contributed by atoms with E-state index in [4.69, 9.17) is 6.57 Å². The lowest BCUT2D eigenvalue weighted by atomic mass is 10.1. The third-order valence-corrected chi connectivity index (χ3v) is 4.84. The SMILES string of the molecule is [C-]#[N+]c1ccc(-c2ncc(C(=O)Nc3cnc(-n4nccn4)c(C(F)(F)F)c3)c(C)n2)c(C)c1. The number of carbonyl (C=O) groups is 1. The third-order valence-electron chi connectivity index (χ3n) is 4.84. The summed E-state index contributed by atoms with van der Waals surface area (Å²) in [6.07, 6.45) is 0.0845. The number of anilines is 1. The van der Waals surface area contributed by atoms with Crippen molar-refractivity contribution in [1.29, 1.82) is 0 Å². The molecule has 0 radical (unpaired) electrons. The number of benzene rings is 1. The highest BCUT2D eigenvalue weighted by Gasteiger charge is 2.36. The van der Waals surface area contributed by atoms with Gasteiger partial charge >= 0.3 is 6.18 Å². The molecule has 4 rings (SSSR count). The lowest BCUT2D eigenvalue weighted by molar-refractivity contribution is -0.137. The fraction of sp³-hybridized carbons (Fsp3) is 0.136. The quantitative estimate of drug-likeness (QED) is 0.444. The van der Waals surface area contributed by atoms with Crippen LogP contribution in [0.25, 0.3) is 22.1 Å². The molecule has 1 N–H and O–H groups in total. The van der Waals surface area contributed by atoms with Crippen LogP contribution in [0.3, 0.4) is 0 Å². The van der Waals surface area contributed by atoms with Crippen molar-refractivity contribution in [2.45, 2.75) is 20.0 Å². The molecule has 0 saturated carbocycles. The van der Waals surface area contributed by atoms with E-state index in [1.807, 2.05) is 6.92 Å². The molecule has 3 heterocycles. The van der Waals surface area contributed by atoms with Gasteiger partial charge in [0.15, 0.2) is 17.3 Å². The van der Waals surface area contributed by atoms with E-state index in [0.29, 0.717) is 22.8 Å².